The number of carboxylic acids is 1. The molecule has 43 heavy (non-hydrogen) atoms. The third kappa shape index (κ3) is 4.92. The quantitative estimate of drug-likeness (QED) is 0.291. The van der Waals surface area contributed by atoms with E-state index in [1.54, 1.807) is 36.1 Å². The van der Waals surface area contributed by atoms with Crippen molar-refractivity contribution in [2.75, 3.05) is 57.7 Å². The van der Waals surface area contributed by atoms with E-state index in [-0.39, 0.29) is 22.3 Å². The van der Waals surface area contributed by atoms with Gasteiger partial charge in [-0.25, -0.2) is 14.2 Å². The summed E-state index contributed by atoms with van der Waals surface area (Å²) < 4.78 is 22.2. The summed E-state index contributed by atoms with van der Waals surface area (Å²) >= 11 is 0. The second kappa shape index (κ2) is 10.7. The molecule has 1 fully saturated rings. The number of aromatic carboxylic acids is 1. The first-order chi connectivity index (χ1) is 20.5. The van der Waals surface area contributed by atoms with Crippen LogP contribution in [0.4, 0.5) is 15.8 Å². The van der Waals surface area contributed by atoms with E-state index in [0.717, 1.165) is 39.3 Å². The summed E-state index contributed by atoms with van der Waals surface area (Å²) in [6.45, 7) is 6.83. The lowest BCUT2D eigenvalue weighted by Gasteiger charge is -2.34. The van der Waals surface area contributed by atoms with Crippen LogP contribution in [0.3, 0.4) is 0 Å². The van der Waals surface area contributed by atoms with Gasteiger partial charge in [-0.2, -0.15) is 0 Å². The largest absolute Gasteiger partial charge is 0.477 e. The number of aromatic nitrogens is 3. The van der Waals surface area contributed by atoms with Gasteiger partial charge in [0.25, 0.3) is 0 Å². The summed E-state index contributed by atoms with van der Waals surface area (Å²) in [6, 6.07) is 4.76. The van der Waals surface area contributed by atoms with E-state index in [9.17, 15) is 19.1 Å². The van der Waals surface area contributed by atoms with Crippen molar-refractivity contribution < 1.29 is 19.0 Å². The molecule has 3 aromatic heterocycles. The van der Waals surface area contributed by atoms with Crippen LogP contribution in [-0.4, -0.2) is 83.5 Å². The minimum atomic E-state index is -1.29. The number of hydrogen-bond acceptors (Lipinski definition) is 8. The predicted molar refractivity (Wildman–Crippen MR) is 165 cm³/mol. The second-order valence-corrected chi connectivity index (χ2v) is 12.0. The molecule has 1 aliphatic carbocycles. The molecular weight excluding hydrogens is 551 g/mol. The molecule has 0 saturated carbocycles. The molecule has 0 spiro atoms. The Labute approximate surface area is 248 Å². The summed E-state index contributed by atoms with van der Waals surface area (Å²) in [4.78, 5) is 39.5. The highest BCUT2D eigenvalue weighted by atomic mass is 19.1. The number of rotatable bonds is 7. The number of ether oxygens (including phenoxy) is 1. The number of anilines is 2. The zero-order valence-corrected chi connectivity index (χ0v) is 25.0. The number of fused-ring (bicyclic) bond motifs is 4. The van der Waals surface area contributed by atoms with Crippen molar-refractivity contribution in [1.29, 1.82) is 0 Å². The molecule has 2 N–H and O–H groups in total. The molecule has 10 nitrogen and oxygen atoms in total. The summed E-state index contributed by atoms with van der Waals surface area (Å²) in [6.07, 6.45) is 5.42. The Hall–Kier alpha value is -4.35. The summed E-state index contributed by atoms with van der Waals surface area (Å²) in [5, 5.41) is 13.2. The van der Waals surface area contributed by atoms with Crippen molar-refractivity contribution in [3.63, 3.8) is 0 Å². The SMILES string of the molecule is CNc1cc(F)cc2c1Cc1ncc(-c3cnc4c(c3)c(=O)c(C(=O)O)cn4CC(C)(C)N(C)C)c(N3CCOCC3)c1-2. The Bertz CT molecular complexity index is 1830. The number of pyridine rings is 3. The number of benzene rings is 1. The van der Waals surface area contributed by atoms with Crippen LogP contribution < -0.4 is 15.6 Å². The fourth-order valence-corrected chi connectivity index (χ4v) is 5.98. The van der Waals surface area contributed by atoms with Crippen LogP contribution in [0.2, 0.25) is 0 Å². The lowest BCUT2D eigenvalue weighted by molar-refractivity contribution is 0.0694. The van der Waals surface area contributed by atoms with Crippen LogP contribution in [-0.2, 0) is 17.7 Å². The maximum Gasteiger partial charge on any atom is 0.341 e. The lowest BCUT2D eigenvalue weighted by Crippen LogP contribution is -2.42. The topological polar surface area (TPSA) is 113 Å². The van der Waals surface area contributed by atoms with Gasteiger partial charge in [-0.1, -0.05) is 0 Å². The number of nitrogens with zero attached hydrogens (tertiary/aromatic N) is 5. The number of carboxylic acid groups (broad SMARTS) is 1. The molecular formula is C32H35FN6O4. The molecule has 11 heteroatoms. The van der Waals surface area contributed by atoms with Gasteiger partial charge < -0.3 is 29.5 Å². The van der Waals surface area contributed by atoms with Gasteiger partial charge in [0.1, 0.15) is 17.0 Å². The third-order valence-electron chi connectivity index (χ3n) is 8.78. The number of halogens is 1. The molecule has 0 bridgehead atoms. The molecule has 1 aliphatic heterocycles. The molecule has 6 rings (SSSR count). The summed E-state index contributed by atoms with van der Waals surface area (Å²) in [7, 11) is 5.68. The van der Waals surface area contributed by atoms with E-state index < -0.39 is 11.4 Å². The summed E-state index contributed by atoms with van der Waals surface area (Å²) in [5.74, 6) is -1.63. The minimum Gasteiger partial charge on any atom is -0.477 e. The van der Waals surface area contributed by atoms with Gasteiger partial charge in [-0.3, -0.25) is 9.78 Å². The smallest absolute Gasteiger partial charge is 0.341 e. The fraction of sp³-hybridized carbons (Fsp3) is 0.375. The molecule has 2 aliphatic rings. The van der Waals surface area contributed by atoms with Crippen LogP contribution >= 0.6 is 0 Å². The van der Waals surface area contributed by atoms with Gasteiger partial charge in [0, 0.05) is 79.6 Å². The van der Waals surface area contributed by atoms with Gasteiger partial charge in [-0.05, 0) is 57.3 Å². The van der Waals surface area contributed by atoms with Crippen LogP contribution in [0.5, 0.6) is 0 Å². The molecule has 0 unspecified atom stereocenters. The maximum atomic E-state index is 14.8. The van der Waals surface area contributed by atoms with Gasteiger partial charge in [0.15, 0.2) is 0 Å². The number of likely N-dealkylation sites (N-methyl/N-ethyl adjacent to an activating group) is 1. The molecule has 224 valence electrons. The molecule has 4 aromatic rings. The van der Waals surface area contributed by atoms with Gasteiger partial charge in [0.2, 0.25) is 5.43 Å². The van der Waals surface area contributed by atoms with Gasteiger partial charge in [0.05, 0.1) is 30.0 Å². The Morgan fingerprint density at radius 2 is 1.88 bits per heavy atom. The normalized spacial score (nSPS) is 14.7. The average molecular weight is 587 g/mol. The Morgan fingerprint density at radius 3 is 2.56 bits per heavy atom. The number of morpholine rings is 1. The van der Waals surface area contributed by atoms with Crippen molar-refractivity contribution in [3.8, 4) is 22.3 Å². The van der Waals surface area contributed by atoms with Crippen molar-refractivity contribution in [1.82, 2.24) is 19.4 Å². The van der Waals surface area contributed by atoms with Crippen LogP contribution in [0.15, 0.2) is 41.6 Å². The number of carbonyl (C=O) groups is 1. The Kier molecular flexibility index (Phi) is 7.18. The second-order valence-electron chi connectivity index (χ2n) is 12.0. The fourth-order valence-electron chi connectivity index (χ4n) is 5.98. The monoisotopic (exact) mass is 586 g/mol. The van der Waals surface area contributed by atoms with Crippen LogP contribution in [0.1, 0.15) is 35.5 Å². The average Bonchev–Trinajstić information content (AvgIpc) is 3.36. The van der Waals surface area contributed by atoms with Crippen LogP contribution in [0.25, 0.3) is 33.3 Å². The predicted octanol–water partition coefficient (Wildman–Crippen LogP) is 4.09. The third-order valence-corrected chi connectivity index (χ3v) is 8.78. The van der Waals surface area contributed by atoms with Crippen molar-refractivity contribution in [2.24, 2.45) is 0 Å². The van der Waals surface area contributed by atoms with Gasteiger partial charge >= 0.3 is 5.97 Å². The zero-order valence-electron chi connectivity index (χ0n) is 25.0. The van der Waals surface area contributed by atoms with Crippen molar-refractivity contribution in [2.45, 2.75) is 32.4 Å². The molecule has 4 heterocycles. The maximum absolute atomic E-state index is 14.8. The van der Waals surface area contributed by atoms with E-state index >= 15 is 0 Å². The first-order valence-corrected chi connectivity index (χ1v) is 14.3. The highest BCUT2D eigenvalue weighted by Gasteiger charge is 2.31. The zero-order chi connectivity index (χ0) is 30.6. The van der Waals surface area contributed by atoms with E-state index in [4.69, 9.17) is 14.7 Å². The first-order valence-electron chi connectivity index (χ1n) is 14.3. The van der Waals surface area contributed by atoms with E-state index in [1.807, 2.05) is 32.8 Å². The Morgan fingerprint density at radius 1 is 1.14 bits per heavy atom. The van der Waals surface area contributed by atoms with E-state index in [0.29, 0.717) is 50.5 Å². The first kappa shape index (κ1) is 28.8. The van der Waals surface area contributed by atoms with E-state index in [2.05, 4.69) is 10.2 Å². The van der Waals surface area contributed by atoms with Crippen molar-refractivity contribution in [3.05, 3.63) is 69.7 Å². The molecule has 0 atom stereocenters. The standard InChI is InChI=1S/C32H35FN6O4/c1-32(2,37(4)5)17-39-16-24(31(41)42)29(40)22-10-18(14-36-30(22)39)23-15-35-26-13-20-21(11-19(33)12-25(20)34-3)27(26)28(23)38-6-8-43-9-7-38/h10-12,14-16,34H,6-9,13,17H2,1-5H3,(H,41,42). The molecule has 1 saturated heterocycles. The van der Waals surface area contributed by atoms with E-state index in [1.165, 1.54) is 12.3 Å². The number of hydrogen-bond donors (Lipinski definition) is 2. The number of nitrogens with one attached hydrogen (secondary N) is 1. The van der Waals surface area contributed by atoms with Gasteiger partial charge in [-0.15, -0.1) is 0 Å². The lowest BCUT2D eigenvalue weighted by atomic mass is 9.97. The molecule has 1 aromatic carbocycles. The minimum absolute atomic E-state index is 0.212. The highest BCUT2D eigenvalue weighted by Crippen LogP contribution is 2.48. The molecule has 0 amide bonds. The van der Waals surface area contributed by atoms with Crippen molar-refractivity contribution >= 4 is 28.4 Å². The highest BCUT2D eigenvalue weighted by molar-refractivity contribution is 5.98. The Balaban J connectivity index is 1.60. The summed E-state index contributed by atoms with van der Waals surface area (Å²) in [5.41, 5.74) is 5.57. The molecule has 0 radical (unpaired) electrons. The van der Waals surface area contributed by atoms with Crippen LogP contribution in [0, 0.1) is 5.82 Å².